The van der Waals surface area contributed by atoms with Crippen molar-refractivity contribution in [2.24, 2.45) is 17.0 Å². The van der Waals surface area contributed by atoms with Crippen LogP contribution >= 0.6 is 22.7 Å². The minimum Gasteiger partial charge on any atom is -0.301 e. The van der Waals surface area contributed by atoms with E-state index in [0.29, 0.717) is 11.0 Å². The fourth-order valence-corrected chi connectivity index (χ4v) is 6.59. The lowest BCUT2D eigenvalue weighted by Crippen LogP contribution is -2.30. The maximum atomic E-state index is 13.1. The second-order valence-corrected chi connectivity index (χ2v) is 10.5. The Labute approximate surface area is 154 Å². The van der Waals surface area contributed by atoms with E-state index in [1.165, 1.54) is 30.2 Å². The molecule has 0 aromatic carbocycles. The van der Waals surface area contributed by atoms with Gasteiger partial charge < -0.3 is 5.32 Å². The number of carbonyl (C=O) groups is 1. The van der Waals surface area contributed by atoms with Gasteiger partial charge in [-0.05, 0) is 30.4 Å². The third-order valence-corrected chi connectivity index (χ3v) is 8.73. The normalized spacial score (nSPS) is 26.7. The van der Waals surface area contributed by atoms with Crippen molar-refractivity contribution < 1.29 is 13.2 Å². The summed E-state index contributed by atoms with van der Waals surface area (Å²) in [5.41, 5.74) is -0.645. The molecule has 4 rings (SSSR count). The largest absolute Gasteiger partial charge is 0.301 e. The number of hydrogen-bond donors (Lipinski definition) is 2. The van der Waals surface area contributed by atoms with Gasteiger partial charge in [-0.15, -0.1) is 22.7 Å². The third kappa shape index (κ3) is 3.03. The second-order valence-electron chi connectivity index (χ2n) is 6.78. The van der Waals surface area contributed by atoms with Gasteiger partial charge in [-0.3, -0.25) is 4.79 Å². The maximum Gasteiger partial charge on any atom is 0.247 e. The standard InChI is InChI=1S/C16H19N3O3S3/c17-25(21,22)13-6-5-12(24-13)16(9-11(16)10-3-1-2-4-10)14(20)19-15-18-7-8-23-15/h5-8,10-11H,1-4,9H2,(H2,17,21,22)(H,18,19,20)/t11-,16+/m0/s1. The topological polar surface area (TPSA) is 102 Å². The van der Waals surface area contributed by atoms with Crippen LogP contribution in [0, 0.1) is 11.8 Å². The van der Waals surface area contributed by atoms with E-state index in [1.807, 2.05) is 5.38 Å². The zero-order chi connectivity index (χ0) is 17.7. The minimum atomic E-state index is -3.75. The van der Waals surface area contributed by atoms with E-state index in [0.717, 1.165) is 35.5 Å². The monoisotopic (exact) mass is 397 g/mol. The minimum absolute atomic E-state index is 0.0813. The average Bonchev–Trinajstić information content (AvgIpc) is 3.10. The number of amides is 1. The molecule has 2 saturated carbocycles. The Morgan fingerprint density at radius 3 is 2.68 bits per heavy atom. The molecule has 9 heteroatoms. The smallest absolute Gasteiger partial charge is 0.247 e. The van der Waals surface area contributed by atoms with Gasteiger partial charge in [0.25, 0.3) is 0 Å². The first kappa shape index (κ1) is 17.1. The molecule has 1 amide bonds. The van der Waals surface area contributed by atoms with Crippen LogP contribution in [0.25, 0.3) is 0 Å². The molecule has 0 aliphatic heterocycles. The summed E-state index contributed by atoms with van der Waals surface area (Å²) >= 11 is 2.50. The van der Waals surface area contributed by atoms with E-state index in [1.54, 1.807) is 12.3 Å². The molecule has 0 unspecified atom stereocenters. The second kappa shape index (κ2) is 6.15. The quantitative estimate of drug-likeness (QED) is 0.810. The Kier molecular flexibility index (Phi) is 4.22. The predicted molar refractivity (Wildman–Crippen MR) is 98.2 cm³/mol. The van der Waals surface area contributed by atoms with E-state index in [9.17, 15) is 13.2 Å². The van der Waals surface area contributed by atoms with Gasteiger partial charge in [0.1, 0.15) is 4.21 Å². The number of thiazole rings is 1. The zero-order valence-electron chi connectivity index (χ0n) is 13.5. The molecule has 6 nitrogen and oxygen atoms in total. The van der Waals surface area contributed by atoms with Crippen molar-refractivity contribution in [1.82, 2.24) is 4.98 Å². The van der Waals surface area contributed by atoms with Crippen LogP contribution in [-0.4, -0.2) is 19.3 Å². The van der Waals surface area contributed by atoms with Crippen LogP contribution in [-0.2, 0) is 20.2 Å². The summed E-state index contributed by atoms with van der Waals surface area (Å²) in [4.78, 5) is 18.0. The number of nitrogens with two attached hydrogens (primary N) is 1. The van der Waals surface area contributed by atoms with Crippen LogP contribution in [0.4, 0.5) is 5.13 Å². The Bertz CT molecular complexity index is 885. The van der Waals surface area contributed by atoms with Crippen molar-refractivity contribution in [2.75, 3.05) is 5.32 Å². The Balaban J connectivity index is 1.67. The highest BCUT2D eigenvalue weighted by Crippen LogP contribution is 2.62. The van der Waals surface area contributed by atoms with Crippen LogP contribution in [0.1, 0.15) is 37.0 Å². The van der Waals surface area contributed by atoms with Crippen molar-refractivity contribution in [1.29, 1.82) is 0 Å². The highest BCUT2D eigenvalue weighted by Gasteiger charge is 2.64. The van der Waals surface area contributed by atoms with Crippen molar-refractivity contribution >= 4 is 43.7 Å². The van der Waals surface area contributed by atoms with E-state index in [2.05, 4.69) is 10.3 Å². The van der Waals surface area contributed by atoms with Gasteiger partial charge in [-0.1, -0.05) is 25.7 Å². The highest BCUT2D eigenvalue weighted by atomic mass is 32.2. The molecule has 0 bridgehead atoms. The predicted octanol–water partition coefficient (Wildman–Crippen LogP) is 2.94. The Morgan fingerprint density at radius 1 is 1.32 bits per heavy atom. The number of hydrogen-bond acceptors (Lipinski definition) is 6. The number of aromatic nitrogens is 1. The SMILES string of the molecule is NS(=O)(=O)c1ccc([C@@]2(C(=O)Nc3nccs3)C[C@H]2C2CCCC2)s1. The van der Waals surface area contributed by atoms with Gasteiger partial charge in [-0.25, -0.2) is 18.5 Å². The molecule has 2 aromatic heterocycles. The zero-order valence-corrected chi connectivity index (χ0v) is 15.9. The van der Waals surface area contributed by atoms with E-state index in [-0.39, 0.29) is 16.0 Å². The third-order valence-electron chi connectivity index (χ3n) is 5.34. The van der Waals surface area contributed by atoms with Crippen LogP contribution in [0.2, 0.25) is 0 Å². The lowest BCUT2D eigenvalue weighted by atomic mass is 9.91. The Hall–Kier alpha value is -1.29. The summed E-state index contributed by atoms with van der Waals surface area (Å²) < 4.78 is 23.4. The van der Waals surface area contributed by atoms with Crippen LogP contribution in [0.15, 0.2) is 27.9 Å². The van der Waals surface area contributed by atoms with Crippen LogP contribution < -0.4 is 10.5 Å². The number of nitrogens with one attached hydrogen (secondary N) is 1. The number of nitrogens with zero attached hydrogens (tertiary/aromatic N) is 1. The molecule has 0 saturated heterocycles. The van der Waals surface area contributed by atoms with Gasteiger partial charge in [0.15, 0.2) is 5.13 Å². The maximum absolute atomic E-state index is 13.1. The lowest BCUT2D eigenvalue weighted by Gasteiger charge is -2.18. The Morgan fingerprint density at radius 2 is 2.08 bits per heavy atom. The summed E-state index contributed by atoms with van der Waals surface area (Å²) in [6.45, 7) is 0. The summed E-state index contributed by atoms with van der Waals surface area (Å²) in [7, 11) is -3.75. The van der Waals surface area contributed by atoms with E-state index in [4.69, 9.17) is 5.14 Å². The molecular formula is C16H19N3O3S3. The number of thiophene rings is 1. The number of carbonyl (C=O) groups excluding carboxylic acids is 1. The molecule has 2 atom stereocenters. The molecule has 0 radical (unpaired) electrons. The molecule has 2 fully saturated rings. The number of primary sulfonamides is 1. The van der Waals surface area contributed by atoms with Gasteiger partial charge in [0, 0.05) is 16.5 Å². The molecule has 0 spiro atoms. The van der Waals surface area contributed by atoms with Crippen molar-refractivity contribution in [3.05, 3.63) is 28.6 Å². The van der Waals surface area contributed by atoms with Gasteiger partial charge in [0.05, 0.1) is 5.41 Å². The summed E-state index contributed by atoms with van der Waals surface area (Å²) in [6, 6.07) is 3.26. The van der Waals surface area contributed by atoms with Gasteiger partial charge >= 0.3 is 0 Å². The fourth-order valence-electron chi connectivity index (χ4n) is 4.08. The average molecular weight is 398 g/mol. The molecule has 2 aromatic rings. The van der Waals surface area contributed by atoms with Gasteiger partial charge in [-0.2, -0.15) is 0 Å². The molecule has 3 N–H and O–H groups in total. The first-order valence-electron chi connectivity index (χ1n) is 8.25. The van der Waals surface area contributed by atoms with E-state index >= 15 is 0 Å². The molecule has 25 heavy (non-hydrogen) atoms. The number of anilines is 1. The molecule has 2 aliphatic carbocycles. The number of sulfonamides is 1. The summed E-state index contributed by atoms with van der Waals surface area (Å²) in [5, 5.41) is 10.6. The first-order chi connectivity index (χ1) is 11.9. The van der Waals surface area contributed by atoms with Crippen LogP contribution in [0.5, 0.6) is 0 Å². The van der Waals surface area contributed by atoms with Gasteiger partial charge in [0.2, 0.25) is 15.9 Å². The first-order valence-corrected chi connectivity index (χ1v) is 11.5. The van der Waals surface area contributed by atoms with E-state index < -0.39 is 15.4 Å². The van der Waals surface area contributed by atoms with Crippen molar-refractivity contribution in [3.8, 4) is 0 Å². The highest BCUT2D eigenvalue weighted by molar-refractivity contribution is 7.91. The van der Waals surface area contributed by atoms with Crippen molar-refractivity contribution in [3.63, 3.8) is 0 Å². The molecular weight excluding hydrogens is 378 g/mol. The number of rotatable bonds is 5. The van der Waals surface area contributed by atoms with Crippen LogP contribution in [0.3, 0.4) is 0 Å². The summed E-state index contributed by atoms with van der Waals surface area (Å²) in [5.74, 6) is 0.714. The van der Waals surface area contributed by atoms with Crippen molar-refractivity contribution in [2.45, 2.75) is 41.7 Å². The molecule has 2 heterocycles. The summed E-state index contributed by atoms with van der Waals surface area (Å²) in [6.07, 6.45) is 7.11. The lowest BCUT2D eigenvalue weighted by molar-refractivity contribution is -0.119. The fraction of sp³-hybridized carbons (Fsp3) is 0.500. The molecule has 2 aliphatic rings. The molecule has 134 valence electrons.